The van der Waals surface area contributed by atoms with E-state index >= 15 is 0 Å². The molecule has 198 valence electrons. The van der Waals surface area contributed by atoms with E-state index in [2.05, 4.69) is 22.0 Å². The number of nitrogens with zero attached hydrogens (tertiary/aromatic N) is 3. The summed E-state index contributed by atoms with van der Waals surface area (Å²) in [4.78, 5) is 33.7. The first-order valence-corrected chi connectivity index (χ1v) is 11.5. The van der Waals surface area contributed by atoms with Gasteiger partial charge in [-0.3, -0.25) is 9.59 Å². The lowest BCUT2D eigenvalue weighted by atomic mass is 9.84. The van der Waals surface area contributed by atoms with Gasteiger partial charge in [0.05, 0.1) is 11.0 Å². The van der Waals surface area contributed by atoms with Crippen LogP contribution in [0.2, 0.25) is 0 Å². The normalized spacial score (nSPS) is 16.8. The Hall–Kier alpha value is -3.08. The van der Waals surface area contributed by atoms with E-state index in [-0.39, 0.29) is 36.8 Å². The molecular formula is C25H33F4N5O2. The van der Waals surface area contributed by atoms with Crippen LogP contribution in [0.4, 0.5) is 17.6 Å². The lowest BCUT2D eigenvalue weighted by Gasteiger charge is -2.29. The molecule has 1 fully saturated rings. The van der Waals surface area contributed by atoms with Gasteiger partial charge in [0, 0.05) is 31.1 Å². The zero-order valence-electron chi connectivity index (χ0n) is 21.0. The van der Waals surface area contributed by atoms with Crippen LogP contribution in [0.5, 0.6) is 0 Å². The molecule has 2 amide bonds. The van der Waals surface area contributed by atoms with Gasteiger partial charge in [-0.05, 0) is 71.6 Å². The molecule has 2 atom stereocenters. The van der Waals surface area contributed by atoms with Crippen LogP contribution in [0.15, 0.2) is 40.0 Å². The highest BCUT2D eigenvalue weighted by Crippen LogP contribution is 2.63. The van der Waals surface area contributed by atoms with Gasteiger partial charge < -0.3 is 16.0 Å². The van der Waals surface area contributed by atoms with E-state index in [1.165, 1.54) is 18.3 Å². The number of amides is 2. The second-order valence-corrected chi connectivity index (χ2v) is 9.57. The minimum Gasteiger partial charge on any atom is -0.366 e. The third-order valence-electron chi connectivity index (χ3n) is 6.37. The van der Waals surface area contributed by atoms with Crippen LogP contribution in [0.3, 0.4) is 0 Å². The number of carbonyl (C=O) groups excluding carboxylic acids is 2. The number of primary amides is 1. The molecule has 0 heterocycles. The molecule has 0 bridgehead atoms. The Morgan fingerprint density at radius 2 is 1.92 bits per heavy atom. The minimum atomic E-state index is -4.51. The van der Waals surface area contributed by atoms with Gasteiger partial charge >= 0.3 is 6.18 Å². The molecule has 0 aromatic heterocycles. The summed E-state index contributed by atoms with van der Waals surface area (Å²) < 4.78 is 55.9. The van der Waals surface area contributed by atoms with Crippen molar-refractivity contribution in [2.45, 2.75) is 51.7 Å². The number of halogens is 4. The molecule has 1 aliphatic rings. The molecule has 11 heteroatoms. The van der Waals surface area contributed by atoms with Crippen molar-refractivity contribution in [2.24, 2.45) is 27.1 Å². The zero-order chi connectivity index (χ0) is 27.3. The Kier molecular flexibility index (Phi) is 9.53. The fourth-order valence-electron chi connectivity index (χ4n) is 4.02. The molecule has 3 N–H and O–H groups in total. The first-order chi connectivity index (χ1) is 16.7. The third-order valence-corrected chi connectivity index (χ3v) is 6.37. The quantitative estimate of drug-likeness (QED) is 0.268. The predicted molar refractivity (Wildman–Crippen MR) is 131 cm³/mol. The smallest absolute Gasteiger partial charge is 0.366 e. The Morgan fingerprint density at radius 3 is 2.36 bits per heavy atom. The average molecular weight is 512 g/mol. The van der Waals surface area contributed by atoms with Crippen LogP contribution in [0, 0.1) is 17.2 Å². The van der Waals surface area contributed by atoms with Gasteiger partial charge in [0.25, 0.3) is 5.91 Å². The lowest BCUT2D eigenvalue weighted by molar-refractivity contribution is -0.196. The number of likely N-dealkylation sites (N-methyl/N-ethyl adjacent to an activating group) is 1. The van der Waals surface area contributed by atoms with Crippen molar-refractivity contribution in [1.29, 1.82) is 0 Å². The summed E-state index contributed by atoms with van der Waals surface area (Å²) in [5.41, 5.74) is 4.20. The first kappa shape index (κ1) is 29.2. The van der Waals surface area contributed by atoms with Gasteiger partial charge in [-0.15, -0.1) is 0 Å². The number of nitrogens with two attached hydrogens (primary N) is 1. The molecule has 1 aromatic carbocycles. The summed E-state index contributed by atoms with van der Waals surface area (Å²) in [5.74, 6) is -3.58. The van der Waals surface area contributed by atoms with E-state index in [9.17, 15) is 27.2 Å². The van der Waals surface area contributed by atoms with E-state index in [4.69, 9.17) is 5.73 Å². The van der Waals surface area contributed by atoms with Crippen LogP contribution in [-0.2, 0) is 11.2 Å². The van der Waals surface area contributed by atoms with Gasteiger partial charge in [-0.25, -0.2) is 14.4 Å². The van der Waals surface area contributed by atoms with E-state index in [0.717, 1.165) is 5.57 Å². The number of rotatable bonds is 11. The monoisotopic (exact) mass is 511 g/mol. The molecule has 0 aliphatic heterocycles. The standard InChI is InChI=1S/C25H33F4N5O2/c1-15(2)13-33-23(31-3)19(24(8-9-24)25(27,28)29)12-21(35)32-14-17(34(4)5)10-16-6-7-18(22(30)36)20(26)11-16/h6-7,11,13,17,19H,3,8-10,12,14H2,1-2,4-5H3,(H2,30,36)(H,32,35)/b33-23-/t17-,19+/m0/s1. The highest BCUT2D eigenvalue weighted by atomic mass is 19.4. The summed E-state index contributed by atoms with van der Waals surface area (Å²) in [6, 6.07) is 3.78. The Bertz CT molecular complexity index is 1040. The van der Waals surface area contributed by atoms with Crippen LogP contribution in [0.25, 0.3) is 0 Å². The van der Waals surface area contributed by atoms with Crippen molar-refractivity contribution in [3.63, 3.8) is 0 Å². The van der Waals surface area contributed by atoms with Crippen molar-refractivity contribution in [3.05, 3.63) is 46.9 Å². The van der Waals surface area contributed by atoms with Crippen LogP contribution in [0.1, 0.15) is 49.0 Å². The van der Waals surface area contributed by atoms with Gasteiger partial charge in [0.2, 0.25) is 5.91 Å². The summed E-state index contributed by atoms with van der Waals surface area (Å²) in [6.45, 7) is 6.99. The summed E-state index contributed by atoms with van der Waals surface area (Å²) in [7, 11) is 3.53. The maximum Gasteiger partial charge on any atom is 0.395 e. The number of benzene rings is 1. The average Bonchev–Trinajstić information content (AvgIpc) is 3.57. The maximum atomic E-state index is 14.1. The number of hydrogen-bond donors (Lipinski definition) is 2. The minimum absolute atomic E-state index is 0.106. The SMILES string of the molecule is C=N/C(=N\C=C(C)C)[C@@H](CC(=O)NC[C@H](Cc1ccc(C(N)=O)c(F)c1)N(C)C)C1(C(F)(F)F)CC1. The molecule has 36 heavy (non-hydrogen) atoms. The molecular weight excluding hydrogens is 478 g/mol. The first-order valence-electron chi connectivity index (χ1n) is 11.5. The lowest BCUT2D eigenvalue weighted by Crippen LogP contribution is -2.44. The van der Waals surface area contributed by atoms with E-state index in [1.54, 1.807) is 34.0 Å². The molecule has 2 rings (SSSR count). The highest BCUT2D eigenvalue weighted by molar-refractivity contribution is 5.94. The Morgan fingerprint density at radius 1 is 1.28 bits per heavy atom. The zero-order valence-corrected chi connectivity index (χ0v) is 21.0. The van der Waals surface area contributed by atoms with E-state index < -0.39 is 41.6 Å². The number of nitrogens with one attached hydrogen (secondary N) is 1. The van der Waals surface area contributed by atoms with Gasteiger partial charge in [-0.1, -0.05) is 11.6 Å². The van der Waals surface area contributed by atoms with Gasteiger partial charge in [0.15, 0.2) is 0 Å². The van der Waals surface area contributed by atoms with Crippen molar-refractivity contribution in [2.75, 3.05) is 20.6 Å². The molecule has 0 radical (unpaired) electrons. The fourth-order valence-corrected chi connectivity index (χ4v) is 4.02. The molecule has 0 spiro atoms. The molecule has 0 saturated heterocycles. The second kappa shape index (κ2) is 11.8. The summed E-state index contributed by atoms with van der Waals surface area (Å²) in [5, 5.41) is 2.71. The third kappa shape index (κ3) is 7.22. The summed E-state index contributed by atoms with van der Waals surface area (Å²) in [6.07, 6.45) is -3.44. The van der Waals surface area contributed by atoms with Crippen molar-refractivity contribution in [3.8, 4) is 0 Å². The topological polar surface area (TPSA) is 100 Å². The number of alkyl halides is 3. The fraction of sp³-hybridized carbons (Fsp3) is 0.520. The molecule has 1 aliphatic carbocycles. The summed E-state index contributed by atoms with van der Waals surface area (Å²) >= 11 is 0. The highest BCUT2D eigenvalue weighted by Gasteiger charge is 2.68. The molecule has 7 nitrogen and oxygen atoms in total. The van der Waals surface area contributed by atoms with Crippen LogP contribution >= 0.6 is 0 Å². The molecule has 0 unspecified atom stereocenters. The van der Waals surface area contributed by atoms with Crippen molar-refractivity contribution >= 4 is 24.4 Å². The number of carbonyl (C=O) groups is 2. The Balaban J connectivity index is 2.17. The number of hydrogen-bond acceptors (Lipinski definition) is 4. The maximum absolute atomic E-state index is 14.1. The number of aliphatic imine (C=N–C) groups is 2. The number of amidine groups is 1. The largest absolute Gasteiger partial charge is 0.395 e. The van der Waals surface area contributed by atoms with Gasteiger partial charge in [-0.2, -0.15) is 13.2 Å². The predicted octanol–water partition coefficient (Wildman–Crippen LogP) is 3.89. The van der Waals surface area contributed by atoms with Gasteiger partial charge in [0.1, 0.15) is 11.7 Å². The molecule has 1 aromatic rings. The van der Waals surface area contributed by atoms with Crippen LogP contribution in [-0.4, -0.2) is 62.1 Å². The molecule has 1 saturated carbocycles. The van der Waals surface area contributed by atoms with Crippen LogP contribution < -0.4 is 11.1 Å². The van der Waals surface area contributed by atoms with Crippen molar-refractivity contribution in [1.82, 2.24) is 10.2 Å². The van der Waals surface area contributed by atoms with E-state index in [1.807, 2.05) is 4.90 Å². The second-order valence-electron chi connectivity index (χ2n) is 9.57. The van der Waals surface area contributed by atoms with E-state index in [0.29, 0.717) is 12.0 Å². The number of allylic oxidation sites excluding steroid dienone is 1. The Labute approximate surface area is 208 Å². The van der Waals surface area contributed by atoms with Crippen molar-refractivity contribution < 1.29 is 27.2 Å².